The van der Waals surface area contributed by atoms with Gasteiger partial charge in [0.25, 0.3) is 0 Å². The van der Waals surface area contributed by atoms with Gasteiger partial charge in [-0.05, 0) is 38.5 Å². The minimum atomic E-state index is -1.03. The van der Waals surface area contributed by atoms with E-state index in [0.29, 0.717) is 0 Å². The van der Waals surface area contributed by atoms with E-state index in [1.165, 1.54) is 7.11 Å². The summed E-state index contributed by atoms with van der Waals surface area (Å²) in [5, 5.41) is 0.0966. The smallest absolute Gasteiger partial charge is 0.420 e. The molecule has 0 N–H and O–H groups in total. The van der Waals surface area contributed by atoms with Gasteiger partial charge in [0, 0.05) is 5.54 Å². The molecule has 5 nitrogen and oxygen atoms in total. The number of hydrogen-bond donors (Lipinski definition) is 0. The Bertz CT molecular complexity index is 792. The van der Waals surface area contributed by atoms with Crippen LogP contribution in [0.3, 0.4) is 0 Å². The molecule has 1 aromatic rings. The molecule has 2 amide bonds. The highest BCUT2D eigenvalue weighted by molar-refractivity contribution is 6.35. The van der Waals surface area contributed by atoms with Crippen molar-refractivity contribution in [1.29, 1.82) is 0 Å². The first-order chi connectivity index (χ1) is 12.1. The summed E-state index contributed by atoms with van der Waals surface area (Å²) in [4.78, 5) is 28.0. The number of benzene rings is 1. The molecule has 1 spiro atoms. The van der Waals surface area contributed by atoms with Gasteiger partial charge >= 0.3 is 6.09 Å². The largest absolute Gasteiger partial charge is 0.452 e. The number of methoxy groups -OCH3 is 1. The molecular formula is C19H20Cl2N2O3. The van der Waals surface area contributed by atoms with Crippen LogP contribution in [0.15, 0.2) is 52.8 Å². The Morgan fingerprint density at radius 2 is 1.65 bits per heavy atom. The molecule has 0 aromatic heterocycles. The minimum Gasteiger partial charge on any atom is -0.452 e. The average molecular weight is 395 g/mol. The summed E-state index contributed by atoms with van der Waals surface area (Å²) in [6.07, 6.45) is 2.46. The number of nitrogens with zero attached hydrogens (tertiary/aromatic N) is 2. The Balaban J connectivity index is 2.13. The van der Waals surface area contributed by atoms with Crippen molar-refractivity contribution >= 4 is 35.2 Å². The quantitative estimate of drug-likeness (QED) is 0.516. The maximum Gasteiger partial charge on any atom is 0.420 e. The maximum atomic E-state index is 13.2. The van der Waals surface area contributed by atoms with Crippen molar-refractivity contribution in [2.24, 2.45) is 5.41 Å². The average Bonchev–Trinajstić information content (AvgIpc) is 2.57. The molecule has 138 valence electrons. The number of hydrogen-bond acceptors (Lipinski definition) is 3. The molecule has 1 saturated heterocycles. The van der Waals surface area contributed by atoms with E-state index in [-0.39, 0.29) is 27.8 Å². The van der Waals surface area contributed by atoms with E-state index >= 15 is 0 Å². The van der Waals surface area contributed by atoms with Crippen LogP contribution in [0.1, 0.15) is 32.4 Å². The Labute approximate surface area is 162 Å². The van der Waals surface area contributed by atoms with E-state index in [9.17, 15) is 9.59 Å². The van der Waals surface area contributed by atoms with Crippen LogP contribution in [-0.2, 0) is 9.53 Å². The molecule has 0 radical (unpaired) electrons. The lowest BCUT2D eigenvalue weighted by Crippen LogP contribution is -2.68. The van der Waals surface area contributed by atoms with Gasteiger partial charge in [0.05, 0.1) is 13.2 Å². The zero-order chi connectivity index (χ0) is 19.3. The number of β-lactam (4-membered cyclic amide) rings is 1. The molecule has 2 aliphatic rings. The van der Waals surface area contributed by atoms with E-state index < -0.39 is 11.5 Å². The normalized spacial score (nSPS) is 21.9. The first kappa shape index (κ1) is 18.8. The van der Waals surface area contributed by atoms with Crippen molar-refractivity contribution in [3.8, 4) is 0 Å². The summed E-state index contributed by atoms with van der Waals surface area (Å²) >= 11 is 12.6. The molecule has 0 bridgehead atoms. The third-order valence-electron chi connectivity index (χ3n) is 4.64. The van der Waals surface area contributed by atoms with Crippen LogP contribution in [0.25, 0.3) is 0 Å². The van der Waals surface area contributed by atoms with Gasteiger partial charge in [0.2, 0.25) is 5.91 Å². The summed E-state index contributed by atoms with van der Waals surface area (Å²) in [5.74, 6) is -0.111. The first-order valence-corrected chi connectivity index (χ1v) is 8.92. The third-order valence-corrected chi connectivity index (χ3v) is 5.19. The Morgan fingerprint density at radius 1 is 1.12 bits per heavy atom. The monoisotopic (exact) mass is 394 g/mol. The highest BCUT2D eigenvalue weighted by Gasteiger charge is 2.63. The molecule has 1 fully saturated rings. The predicted molar refractivity (Wildman–Crippen MR) is 100 cm³/mol. The number of amides is 2. The summed E-state index contributed by atoms with van der Waals surface area (Å²) in [6, 6.07) is 9.42. The van der Waals surface area contributed by atoms with Gasteiger partial charge in [0.1, 0.15) is 15.7 Å². The van der Waals surface area contributed by atoms with Crippen molar-refractivity contribution in [3.05, 3.63) is 58.4 Å². The van der Waals surface area contributed by atoms with E-state index in [1.807, 2.05) is 56.0 Å². The number of carbonyl (C=O) groups excluding carboxylic acids is 2. The van der Waals surface area contributed by atoms with E-state index in [2.05, 4.69) is 0 Å². The molecule has 2 aliphatic heterocycles. The van der Waals surface area contributed by atoms with Crippen molar-refractivity contribution in [2.75, 3.05) is 7.11 Å². The second-order valence-electron chi connectivity index (χ2n) is 7.33. The van der Waals surface area contributed by atoms with Crippen LogP contribution >= 0.6 is 23.2 Å². The lowest BCUT2D eigenvalue weighted by atomic mass is 9.65. The predicted octanol–water partition coefficient (Wildman–Crippen LogP) is 4.60. The zero-order valence-corrected chi connectivity index (χ0v) is 16.5. The topological polar surface area (TPSA) is 49.9 Å². The summed E-state index contributed by atoms with van der Waals surface area (Å²) in [5.41, 5.74) is -0.453. The lowest BCUT2D eigenvalue weighted by molar-refractivity contribution is -0.172. The van der Waals surface area contributed by atoms with Gasteiger partial charge in [-0.2, -0.15) is 0 Å². The molecule has 1 atom stereocenters. The van der Waals surface area contributed by atoms with Crippen LogP contribution in [-0.4, -0.2) is 34.4 Å². The third kappa shape index (κ3) is 2.70. The second-order valence-corrected chi connectivity index (χ2v) is 8.11. The molecule has 26 heavy (non-hydrogen) atoms. The van der Waals surface area contributed by atoms with Crippen LogP contribution in [0, 0.1) is 5.41 Å². The minimum absolute atomic E-state index is 0.0483. The van der Waals surface area contributed by atoms with Gasteiger partial charge in [-0.3, -0.25) is 4.79 Å². The molecule has 1 unspecified atom stereocenters. The number of carbonyl (C=O) groups is 2. The first-order valence-electron chi connectivity index (χ1n) is 8.17. The highest BCUT2D eigenvalue weighted by atomic mass is 35.5. The van der Waals surface area contributed by atoms with Crippen LogP contribution < -0.4 is 0 Å². The molecule has 7 heteroatoms. The highest BCUT2D eigenvalue weighted by Crippen LogP contribution is 2.58. The number of rotatable bonds is 1. The standard InChI is InChI=1S/C19H20Cl2N2O3/c1-18(2,3)23-15(12-8-6-5-7-9-12)19(16(23)24)10-13(20)22(14(21)11-19)17(25)26-4/h5-11,15H,1-4H3. The number of halogens is 2. The fourth-order valence-electron chi connectivity index (χ4n) is 3.56. The molecule has 0 aliphatic carbocycles. The SMILES string of the molecule is COC(=O)N1C(Cl)=CC2(C=C1Cl)C(=O)N(C(C)(C)C)C2c1ccccc1. The van der Waals surface area contributed by atoms with Crippen molar-refractivity contribution < 1.29 is 14.3 Å². The van der Waals surface area contributed by atoms with Gasteiger partial charge in [-0.25, -0.2) is 9.69 Å². The van der Waals surface area contributed by atoms with E-state index in [0.717, 1.165) is 10.5 Å². The van der Waals surface area contributed by atoms with Crippen molar-refractivity contribution in [1.82, 2.24) is 9.80 Å². The van der Waals surface area contributed by atoms with Crippen molar-refractivity contribution in [2.45, 2.75) is 32.4 Å². The summed E-state index contributed by atoms with van der Waals surface area (Å²) in [7, 11) is 1.24. The number of ether oxygens (including phenoxy) is 1. The van der Waals surface area contributed by atoms with Gasteiger partial charge < -0.3 is 9.64 Å². The number of likely N-dealkylation sites (tertiary alicyclic amines) is 1. The van der Waals surface area contributed by atoms with Crippen LogP contribution in [0.2, 0.25) is 0 Å². The Kier molecular flexibility index (Phi) is 4.57. The Morgan fingerprint density at radius 3 is 2.12 bits per heavy atom. The zero-order valence-electron chi connectivity index (χ0n) is 15.0. The maximum absolute atomic E-state index is 13.2. The molecule has 0 saturated carbocycles. The summed E-state index contributed by atoms with van der Waals surface area (Å²) < 4.78 is 4.71. The van der Waals surface area contributed by atoms with Crippen molar-refractivity contribution in [3.63, 3.8) is 0 Å². The lowest BCUT2D eigenvalue weighted by Gasteiger charge is -2.60. The fraction of sp³-hybridized carbons (Fsp3) is 0.368. The molecule has 1 aromatic carbocycles. The van der Waals surface area contributed by atoms with E-state index in [1.54, 1.807) is 12.2 Å². The van der Waals surface area contributed by atoms with Crippen LogP contribution in [0.4, 0.5) is 4.79 Å². The molecular weight excluding hydrogens is 375 g/mol. The van der Waals surface area contributed by atoms with Gasteiger partial charge in [-0.15, -0.1) is 0 Å². The fourth-order valence-corrected chi connectivity index (χ4v) is 4.28. The molecule has 3 rings (SSSR count). The Hall–Kier alpha value is -1.98. The molecule has 2 heterocycles. The van der Waals surface area contributed by atoms with Crippen LogP contribution in [0.5, 0.6) is 0 Å². The van der Waals surface area contributed by atoms with Gasteiger partial charge in [-0.1, -0.05) is 53.5 Å². The van der Waals surface area contributed by atoms with Gasteiger partial charge in [0.15, 0.2) is 0 Å². The summed E-state index contributed by atoms with van der Waals surface area (Å²) in [6.45, 7) is 5.94. The second kappa shape index (κ2) is 6.32. The van der Waals surface area contributed by atoms with E-state index in [4.69, 9.17) is 27.9 Å².